The average molecular weight is 272 g/mol. The molecular formula is C16H33NS. The second kappa shape index (κ2) is 7.79. The summed E-state index contributed by atoms with van der Waals surface area (Å²) < 4.78 is 0. The monoisotopic (exact) mass is 271 g/mol. The molecule has 108 valence electrons. The minimum Gasteiger partial charge on any atom is -0.302 e. The van der Waals surface area contributed by atoms with E-state index in [1.54, 1.807) is 0 Å². The highest BCUT2D eigenvalue weighted by Gasteiger charge is 2.32. The van der Waals surface area contributed by atoms with Crippen LogP contribution in [0.4, 0.5) is 0 Å². The first-order valence-corrected chi connectivity index (χ1v) is 8.51. The molecule has 0 aliphatic carbocycles. The van der Waals surface area contributed by atoms with E-state index in [1.807, 2.05) is 0 Å². The van der Waals surface area contributed by atoms with Crippen molar-refractivity contribution in [1.29, 1.82) is 0 Å². The van der Waals surface area contributed by atoms with Crippen LogP contribution in [-0.2, 0) is 0 Å². The van der Waals surface area contributed by atoms with Gasteiger partial charge >= 0.3 is 0 Å². The summed E-state index contributed by atoms with van der Waals surface area (Å²) in [5.41, 5.74) is 0.462. The highest BCUT2D eigenvalue weighted by molar-refractivity contribution is 7.80. The van der Waals surface area contributed by atoms with Crippen molar-refractivity contribution in [2.24, 2.45) is 17.3 Å². The molecule has 2 atom stereocenters. The van der Waals surface area contributed by atoms with E-state index in [4.69, 9.17) is 0 Å². The molecule has 1 nitrogen and oxygen atoms in total. The zero-order valence-corrected chi connectivity index (χ0v) is 13.8. The maximum absolute atomic E-state index is 4.69. The van der Waals surface area contributed by atoms with E-state index in [-0.39, 0.29) is 0 Å². The van der Waals surface area contributed by atoms with Crippen molar-refractivity contribution in [3.63, 3.8) is 0 Å². The molecule has 18 heavy (non-hydrogen) atoms. The van der Waals surface area contributed by atoms with Gasteiger partial charge in [0, 0.05) is 19.6 Å². The molecule has 0 amide bonds. The lowest BCUT2D eigenvalue weighted by Crippen LogP contribution is -2.46. The zero-order valence-electron chi connectivity index (χ0n) is 12.9. The zero-order chi connectivity index (χ0) is 13.6. The Hall–Kier alpha value is 0.310. The van der Waals surface area contributed by atoms with Crippen molar-refractivity contribution in [3.8, 4) is 0 Å². The fourth-order valence-corrected chi connectivity index (χ4v) is 4.36. The first-order valence-electron chi connectivity index (χ1n) is 7.88. The smallest absolute Gasteiger partial charge is 0.00460 e. The maximum atomic E-state index is 4.69. The number of hydrogen-bond acceptors (Lipinski definition) is 2. The molecule has 0 N–H and O–H groups in total. The molecule has 1 rings (SSSR count). The molecule has 0 saturated carbocycles. The van der Waals surface area contributed by atoms with Crippen LogP contribution in [-0.4, -0.2) is 30.3 Å². The van der Waals surface area contributed by atoms with Crippen LogP contribution >= 0.6 is 12.6 Å². The van der Waals surface area contributed by atoms with Gasteiger partial charge in [0.25, 0.3) is 0 Å². The van der Waals surface area contributed by atoms with Crippen LogP contribution in [0.15, 0.2) is 0 Å². The van der Waals surface area contributed by atoms with E-state index >= 15 is 0 Å². The first kappa shape index (κ1) is 16.4. The normalized spacial score (nSPS) is 26.5. The number of piperidine rings is 1. The third-order valence-corrected chi connectivity index (χ3v) is 5.07. The molecule has 1 heterocycles. The van der Waals surface area contributed by atoms with Gasteiger partial charge in [0.15, 0.2) is 0 Å². The molecule has 1 aliphatic heterocycles. The standard InChI is InChI=1S/C16H33NS/c1-5-7-16(13-18,8-6-2)12-17-10-14(3)9-15(4)11-17/h14-15,18H,5-13H2,1-4H3. The Morgan fingerprint density at radius 3 is 1.94 bits per heavy atom. The van der Waals surface area contributed by atoms with Crippen LogP contribution in [0, 0.1) is 17.3 Å². The Morgan fingerprint density at radius 1 is 1.06 bits per heavy atom. The van der Waals surface area contributed by atoms with Gasteiger partial charge < -0.3 is 4.90 Å². The van der Waals surface area contributed by atoms with Gasteiger partial charge in [-0.15, -0.1) is 0 Å². The topological polar surface area (TPSA) is 3.24 Å². The van der Waals surface area contributed by atoms with Crippen molar-refractivity contribution in [2.75, 3.05) is 25.4 Å². The average Bonchev–Trinajstić information content (AvgIpc) is 2.28. The SMILES string of the molecule is CCCC(CS)(CCC)CN1CC(C)CC(C)C1. The lowest BCUT2D eigenvalue weighted by atomic mass is 9.79. The highest BCUT2D eigenvalue weighted by atomic mass is 32.1. The Kier molecular flexibility index (Phi) is 7.08. The number of rotatable bonds is 7. The summed E-state index contributed by atoms with van der Waals surface area (Å²) in [5.74, 6) is 2.79. The summed E-state index contributed by atoms with van der Waals surface area (Å²) in [5, 5.41) is 0. The van der Waals surface area contributed by atoms with E-state index in [9.17, 15) is 0 Å². The molecule has 0 radical (unpaired) electrons. The van der Waals surface area contributed by atoms with Crippen LogP contribution in [0.5, 0.6) is 0 Å². The maximum Gasteiger partial charge on any atom is 0.00460 e. The number of thiol groups is 1. The largest absolute Gasteiger partial charge is 0.302 e. The highest BCUT2D eigenvalue weighted by Crippen LogP contribution is 2.34. The van der Waals surface area contributed by atoms with E-state index in [1.165, 1.54) is 51.7 Å². The molecule has 2 heteroatoms. The van der Waals surface area contributed by atoms with Crippen molar-refractivity contribution in [2.45, 2.75) is 59.8 Å². The summed E-state index contributed by atoms with van der Waals surface area (Å²) in [6, 6.07) is 0. The second-order valence-electron chi connectivity index (χ2n) is 6.80. The molecule has 1 aliphatic rings. The van der Waals surface area contributed by atoms with Crippen LogP contribution in [0.3, 0.4) is 0 Å². The fraction of sp³-hybridized carbons (Fsp3) is 1.00. The van der Waals surface area contributed by atoms with Crippen LogP contribution in [0.25, 0.3) is 0 Å². The van der Waals surface area contributed by atoms with E-state index < -0.39 is 0 Å². The van der Waals surface area contributed by atoms with E-state index in [0.717, 1.165) is 17.6 Å². The minimum absolute atomic E-state index is 0.462. The quantitative estimate of drug-likeness (QED) is 0.668. The fourth-order valence-electron chi connectivity index (χ4n) is 3.95. The molecule has 0 spiro atoms. The third kappa shape index (κ3) is 4.77. The van der Waals surface area contributed by atoms with Crippen molar-refractivity contribution in [1.82, 2.24) is 4.90 Å². The van der Waals surface area contributed by atoms with Gasteiger partial charge in [-0.2, -0.15) is 12.6 Å². The molecule has 0 aromatic carbocycles. The van der Waals surface area contributed by atoms with Gasteiger partial charge in [0.2, 0.25) is 0 Å². The summed E-state index contributed by atoms with van der Waals surface area (Å²) in [6.45, 7) is 13.3. The van der Waals surface area contributed by atoms with Crippen molar-refractivity contribution < 1.29 is 0 Å². The van der Waals surface area contributed by atoms with Gasteiger partial charge in [-0.3, -0.25) is 0 Å². The molecule has 1 saturated heterocycles. The predicted octanol–water partition coefficient (Wildman–Crippen LogP) is 4.48. The summed E-state index contributed by atoms with van der Waals surface area (Å²) in [4.78, 5) is 2.72. The minimum atomic E-state index is 0.462. The van der Waals surface area contributed by atoms with Crippen molar-refractivity contribution in [3.05, 3.63) is 0 Å². The van der Waals surface area contributed by atoms with Crippen molar-refractivity contribution >= 4 is 12.6 Å². The van der Waals surface area contributed by atoms with E-state index in [2.05, 4.69) is 45.2 Å². The van der Waals surface area contributed by atoms with Gasteiger partial charge in [0.05, 0.1) is 0 Å². The molecular weight excluding hydrogens is 238 g/mol. The summed E-state index contributed by atoms with van der Waals surface area (Å²) in [7, 11) is 0. The Balaban J connectivity index is 2.63. The first-order chi connectivity index (χ1) is 8.55. The van der Waals surface area contributed by atoms with Crippen LogP contribution in [0.2, 0.25) is 0 Å². The predicted molar refractivity (Wildman–Crippen MR) is 85.5 cm³/mol. The van der Waals surface area contributed by atoms with Gasteiger partial charge in [0.1, 0.15) is 0 Å². The summed E-state index contributed by atoms with van der Waals surface area (Å²) >= 11 is 4.69. The molecule has 0 aromatic heterocycles. The Bertz CT molecular complexity index is 213. The summed E-state index contributed by atoms with van der Waals surface area (Å²) in [6.07, 6.45) is 6.66. The Labute approximate surface area is 120 Å². The molecule has 1 fully saturated rings. The molecule has 2 unspecified atom stereocenters. The number of nitrogens with zero attached hydrogens (tertiary/aromatic N) is 1. The third-order valence-electron chi connectivity index (χ3n) is 4.40. The van der Waals surface area contributed by atoms with Gasteiger partial charge in [-0.25, -0.2) is 0 Å². The van der Waals surface area contributed by atoms with E-state index in [0.29, 0.717) is 5.41 Å². The molecule has 0 aromatic rings. The van der Waals surface area contributed by atoms with Gasteiger partial charge in [-0.05, 0) is 42.3 Å². The number of hydrogen-bond donors (Lipinski definition) is 1. The Morgan fingerprint density at radius 2 is 1.56 bits per heavy atom. The van der Waals surface area contributed by atoms with Crippen LogP contribution < -0.4 is 0 Å². The molecule has 0 bridgehead atoms. The number of likely N-dealkylation sites (tertiary alicyclic amines) is 1. The lowest BCUT2D eigenvalue weighted by Gasteiger charge is -2.42. The second-order valence-corrected chi connectivity index (χ2v) is 7.11. The lowest BCUT2D eigenvalue weighted by molar-refractivity contribution is 0.0821. The van der Waals surface area contributed by atoms with Gasteiger partial charge in [-0.1, -0.05) is 40.5 Å². The van der Waals surface area contributed by atoms with Crippen LogP contribution in [0.1, 0.15) is 59.8 Å².